The molecule has 2 heterocycles. The van der Waals surface area contributed by atoms with E-state index in [4.69, 9.17) is 0 Å². The Balaban J connectivity index is 1.27. The van der Waals surface area contributed by atoms with E-state index in [-0.39, 0.29) is 11.8 Å². The zero-order chi connectivity index (χ0) is 19.9. The maximum atomic E-state index is 12.5. The highest BCUT2D eigenvalue weighted by molar-refractivity contribution is 5.79. The molecule has 29 heavy (non-hydrogen) atoms. The van der Waals surface area contributed by atoms with Crippen molar-refractivity contribution in [2.24, 2.45) is 5.92 Å². The Labute approximate surface area is 173 Å². The van der Waals surface area contributed by atoms with Crippen LogP contribution in [0.15, 0.2) is 54.4 Å². The van der Waals surface area contributed by atoms with E-state index in [9.17, 15) is 4.79 Å². The van der Waals surface area contributed by atoms with Crippen molar-refractivity contribution in [3.05, 3.63) is 54.4 Å². The number of hydrogen-bond acceptors (Lipinski definition) is 4. The highest BCUT2D eigenvalue weighted by atomic mass is 16.1. The highest BCUT2D eigenvalue weighted by Gasteiger charge is 2.25. The number of carbonyl (C=O) groups excluding carboxylic acids is 1. The van der Waals surface area contributed by atoms with Crippen LogP contribution < -0.4 is 10.2 Å². The molecule has 1 saturated heterocycles. The average molecular weight is 391 g/mol. The van der Waals surface area contributed by atoms with E-state index in [0.29, 0.717) is 0 Å². The molecule has 1 amide bonds. The Morgan fingerprint density at radius 3 is 2.69 bits per heavy atom. The number of anilines is 1. The van der Waals surface area contributed by atoms with Crippen molar-refractivity contribution in [3.8, 4) is 11.3 Å². The first kappa shape index (κ1) is 19.6. The van der Waals surface area contributed by atoms with Gasteiger partial charge in [-0.15, -0.1) is 0 Å². The van der Waals surface area contributed by atoms with Gasteiger partial charge in [-0.25, -0.2) is 9.97 Å². The molecule has 1 aromatic carbocycles. The van der Waals surface area contributed by atoms with Gasteiger partial charge in [-0.1, -0.05) is 42.0 Å². The van der Waals surface area contributed by atoms with Crippen molar-refractivity contribution >= 4 is 11.7 Å². The molecule has 4 rings (SSSR count). The van der Waals surface area contributed by atoms with Crippen LogP contribution in [0.4, 0.5) is 5.82 Å². The first-order valence-electron chi connectivity index (χ1n) is 10.9. The minimum Gasteiger partial charge on any atom is -0.356 e. The lowest BCUT2D eigenvalue weighted by Crippen LogP contribution is -2.41. The summed E-state index contributed by atoms with van der Waals surface area (Å²) in [6, 6.07) is 12.2. The normalized spacial score (nSPS) is 17.7. The molecular weight excluding hydrogens is 360 g/mol. The zero-order valence-electron chi connectivity index (χ0n) is 17.0. The van der Waals surface area contributed by atoms with Crippen molar-refractivity contribution < 1.29 is 4.79 Å². The lowest BCUT2D eigenvalue weighted by molar-refractivity contribution is -0.125. The van der Waals surface area contributed by atoms with E-state index in [0.717, 1.165) is 56.0 Å². The molecule has 1 N–H and O–H groups in total. The summed E-state index contributed by atoms with van der Waals surface area (Å²) in [5.41, 5.74) is 3.55. The molecule has 1 aromatic heterocycles. The third-order valence-electron chi connectivity index (χ3n) is 6.04. The van der Waals surface area contributed by atoms with Gasteiger partial charge in [0.2, 0.25) is 5.91 Å². The Morgan fingerprint density at radius 2 is 1.93 bits per heavy atom. The summed E-state index contributed by atoms with van der Waals surface area (Å²) >= 11 is 0. The predicted molar refractivity (Wildman–Crippen MR) is 117 cm³/mol. The number of carbonyl (C=O) groups is 1. The molecule has 0 spiro atoms. The molecule has 0 unspecified atom stereocenters. The van der Waals surface area contributed by atoms with Crippen LogP contribution >= 0.6 is 0 Å². The van der Waals surface area contributed by atoms with Gasteiger partial charge in [-0.3, -0.25) is 4.79 Å². The number of benzene rings is 1. The summed E-state index contributed by atoms with van der Waals surface area (Å²) < 4.78 is 0. The van der Waals surface area contributed by atoms with Crippen LogP contribution in [0.3, 0.4) is 0 Å². The van der Waals surface area contributed by atoms with Gasteiger partial charge in [-0.2, -0.15) is 0 Å². The number of allylic oxidation sites excluding steroid dienone is 1. The molecule has 5 heteroatoms. The quantitative estimate of drug-likeness (QED) is 0.744. The molecular formula is C24H30N4O. The van der Waals surface area contributed by atoms with E-state index in [1.54, 1.807) is 6.33 Å². The van der Waals surface area contributed by atoms with Gasteiger partial charge < -0.3 is 10.2 Å². The first-order valence-corrected chi connectivity index (χ1v) is 10.9. The first-order chi connectivity index (χ1) is 14.3. The standard InChI is InChI=1S/C24H30N4O/c29-24(25-14-11-19-7-3-1-4-8-19)21-12-15-28(16-13-21)23-17-22(26-18-27-23)20-9-5-2-6-10-20/h2,5-7,9-10,17-18,21H,1,3-4,8,11-16H2,(H,25,29). The van der Waals surface area contributed by atoms with Gasteiger partial charge >= 0.3 is 0 Å². The Hall–Kier alpha value is -2.69. The third-order valence-corrected chi connectivity index (χ3v) is 6.04. The summed E-state index contributed by atoms with van der Waals surface area (Å²) in [6.07, 6.45) is 11.8. The van der Waals surface area contributed by atoms with Crippen molar-refractivity contribution in [1.29, 1.82) is 0 Å². The van der Waals surface area contributed by atoms with Crippen LogP contribution in [0.2, 0.25) is 0 Å². The van der Waals surface area contributed by atoms with Crippen molar-refractivity contribution in [2.75, 3.05) is 24.5 Å². The summed E-state index contributed by atoms with van der Waals surface area (Å²) in [5.74, 6) is 1.28. The van der Waals surface area contributed by atoms with Gasteiger partial charge in [0.15, 0.2) is 0 Å². The van der Waals surface area contributed by atoms with Crippen molar-refractivity contribution in [2.45, 2.75) is 44.9 Å². The average Bonchev–Trinajstić information content (AvgIpc) is 2.80. The molecule has 152 valence electrons. The third kappa shape index (κ3) is 5.22. The summed E-state index contributed by atoms with van der Waals surface area (Å²) in [4.78, 5) is 23.7. The Kier molecular flexibility index (Phi) is 6.55. The fourth-order valence-corrected chi connectivity index (χ4v) is 4.28. The molecule has 2 aliphatic rings. The number of nitrogens with zero attached hydrogens (tertiary/aromatic N) is 3. The topological polar surface area (TPSA) is 58.1 Å². The molecule has 1 aliphatic heterocycles. The lowest BCUT2D eigenvalue weighted by atomic mass is 9.95. The number of nitrogens with one attached hydrogen (secondary N) is 1. The Bertz CT molecular complexity index is 841. The van der Waals surface area contributed by atoms with Crippen LogP contribution in [0.1, 0.15) is 44.9 Å². The van der Waals surface area contributed by atoms with E-state index in [1.165, 1.54) is 31.3 Å². The Morgan fingerprint density at radius 1 is 1.10 bits per heavy atom. The fourth-order valence-electron chi connectivity index (χ4n) is 4.28. The van der Waals surface area contributed by atoms with Crippen LogP contribution in [0.25, 0.3) is 11.3 Å². The van der Waals surface area contributed by atoms with Gasteiger partial charge in [0.1, 0.15) is 12.1 Å². The zero-order valence-corrected chi connectivity index (χ0v) is 17.0. The number of rotatable bonds is 6. The molecule has 0 saturated carbocycles. The summed E-state index contributed by atoms with van der Waals surface area (Å²) in [6.45, 7) is 2.49. The molecule has 1 aliphatic carbocycles. The van der Waals surface area contributed by atoms with Crippen LogP contribution in [-0.4, -0.2) is 35.5 Å². The largest absolute Gasteiger partial charge is 0.356 e. The van der Waals surface area contributed by atoms with Crippen molar-refractivity contribution in [3.63, 3.8) is 0 Å². The fraction of sp³-hybridized carbons (Fsp3) is 0.458. The molecule has 0 radical (unpaired) electrons. The lowest BCUT2D eigenvalue weighted by Gasteiger charge is -2.32. The monoisotopic (exact) mass is 390 g/mol. The predicted octanol–water partition coefficient (Wildman–Crippen LogP) is 4.37. The van der Waals surface area contributed by atoms with Crippen LogP contribution in [0.5, 0.6) is 0 Å². The second-order valence-corrected chi connectivity index (χ2v) is 8.04. The molecule has 5 nitrogen and oxygen atoms in total. The number of amides is 1. The van der Waals surface area contributed by atoms with E-state index >= 15 is 0 Å². The van der Waals surface area contributed by atoms with Crippen LogP contribution in [-0.2, 0) is 4.79 Å². The van der Waals surface area contributed by atoms with Gasteiger partial charge in [0.25, 0.3) is 0 Å². The smallest absolute Gasteiger partial charge is 0.223 e. The molecule has 0 bridgehead atoms. The van der Waals surface area contributed by atoms with Gasteiger partial charge in [0.05, 0.1) is 5.69 Å². The minimum absolute atomic E-state index is 0.113. The summed E-state index contributed by atoms with van der Waals surface area (Å²) in [5, 5.41) is 3.16. The maximum absolute atomic E-state index is 12.5. The number of aromatic nitrogens is 2. The summed E-state index contributed by atoms with van der Waals surface area (Å²) in [7, 11) is 0. The molecule has 1 fully saturated rings. The number of hydrogen-bond donors (Lipinski definition) is 1. The van der Waals surface area contributed by atoms with E-state index in [1.807, 2.05) is 24.3 Å². The second-order valence-electron chi connectivity index (χ2n) is 8.04. The van der Waals surface area contributed by atoms with Crippen LogP contribution in [0, 0.1) is 5.92 Å². The van der Waals surface area contributed by atoms with Crippen molar-refractivity contribution in [1.82, 2.24) is 15.3 Å². The van der Waals surface area contributed by atoms with Gasteiger partial charge in [-0.05, 0) is 44.9 Å². The number of piperidine rings is 1. The minimum atomic E-state index is 0.113. The maximum Gasteiger partial charge on any atom is 0.223 e. The van der Waals surface area contributed by atoms with E-state index < -0.39 is 0 Å². The molecule has 2 aromatic rings. The molecule has 0 atom stereocenters. The highest BCUT2D eigenvalue weighted by Crippen LogP contribution is 2.25. The SMILES string of the molecule is O=C(NCCC1=CCCCC1)C1CCN(c2cc(-c3ccccc3)ncn2)CC1. The van der Waals surface area contributed by atoms with Gasteiger partial charge in [0, 0.05) is 37.2 Å². The second kappa shape index (κ2) is 9.68. The van der Waals surface area contributed by atoms with E-state index in [2.05, 4.69) is 38.4 Å².